The number of nitrogens with one attached hydrogen (secondary N) is 1. The van der Waals surface area contributed by atoms with Gasteiger partial charge in [0.05, 0.1) is 0 Å². The third kappa shape index (κ3) is 4.21. The topological polar surface area (TPSA) is 80.0 Å². The Hall–Kier alpha value is -1.59. The van der Waals surface area contributed by atoms with E-state index in [0.29, 0.717) is 11.9 Å². The molecule has 1 saturated carbocycles. The second-order valence-electron chi connectivity index (χ2n) is 6.05. The van der Waals surface area contributed by atoms with Crippen molar-refractivity contribution in [1.82, 2.24) is 15.0 Å². The lowest BCUT2D eigenvalue weighted by molar-refractivity contribution is 0.282. The first kappa shape index (κ1) is 14.8. The lowest BCUT2D eigenvalue weighted by atomic mass is 9.81. The molecule has 1 aromatic rings. The maximum absolute atomic E-state index is 5.70. The lowest BCUT2D eigenvalue weighted by Crippen LogP contribution is -2.19. The molecule has 0 amide bonds. The minimum atomic E-state index is 0.262. The Morgan fingerprint density at radius 1 is 1.15 bits per heavy atom. The van der Waals surface area contributed by atoms with Crippen LogP contribution in [0.15, 0.2) is 0 Å². The molecule has 0 spiro atoms. The number of anilines is 3. The van der Waals surface area contributed by atoms with Crippen LogP contribution in [-0.2, 0) is 0 Å². The van der Waals surface area contributed by atoms with E-state index in [0.717, 1.165) is 18.4 Å². The molecule has 0 atom stereocenters. The number of nitrogens with zero attached hydrogens (tertiary/aromatic N) is 4. The smallest absolute Gasteiger partial charge is 0.231 e. The van der Waals surface area contributed by atoms with E-state index in [9.17, 15) is 0 Å². The highest BCUT2D eigenvalue weighted by Gasteiger charge is 2.17. The van der Waals surface area contributed by atoms with Crippen LogP contribution in [-0.4, -0.2) is 35.6 Å². The second kappa shape index (κ2) is 6.72. The molecule has 0 bridgehead atoms. The van der Waals surface area contributed by atoms with Gasteiger partial charge in [-0.3, -0.25) is 0 Å². The van der Waals surface area contributed by atoms with Gasteiger partial charge in [-0.2, -0.15) is 15.0 Å². The molecule has 6 heteroatoms. The van der Waals surface area contributed by atoms with Gasteiger partial charge in [0.25, 0.3) is 0 Å². The third-order valence-electron chi connectivity index (χ3n) is 4.01. The Balaban J connectivity index is 1.82. The van der Waals surface area contributed by atoms with E-state index in [2.05, 4.69) is 27.2 Å². The van der Waals surface area contributed by atoms with Gasteiger partial charge >= 0.3 is 0 Å². The molecule has 1 aliphatic carbocycles. The van der Waals surface area contributed by atoms with Gasteiger partial charge in [0.1, 0.15) is 0 Å². The molecule has 0 aromatic carbocycles. The first-order valence-electron chi connectivity index (χ1n) is 7.47. The molecule has 0 unspecified atom stereocenters. The molecule has 1 aliphatic rings. The summed E-state index contributed by atoms with van der Waals surface area (Å²) in [6, 6.07) is 0. The maximum Gasteiger partial charge on any atom is 0.231 e. The van der Waals surface area contributed by atoms with Crippen LogP contribution in [0.1, 0.15) is 39.0 Å². The number of nitrogens with two attached hydrogens (primary N) is 1. The molecule has 1 aromatic heterocycles. The number of aromatic nitrogens is 3. The van der Waals surface area contributed by atoms with Crippen molar-refractivity contribution in [1.29, 1.82) is 0 Å². The van der Waals surface area contributed by atoms with Crippen molar-refractivity contribution in [2.45, 2.75) is 39.0 Å². The number of nitrogen functional groups attached to an aromatic ring is 1. The van der Waals surface area contributed by atoms with Crippen LogP contribution in [0.2, 0.25) is 0 Å². The highest BCUT2D eigenvalue weighted by molar-refractivity contribution is 5.40. The maximum atomic E-state index is 5.70. The van der Waals surface area contributed by atoms with Crippen molar-refractivity contribution < 1.29 is 0 Å². The summed E-state index contributed by atoms with van der Waals surface area (Å²) in [6.07, 6.45) is 6.62. The van der Waals surface area contributed by atoms with Crippen molar-refractivity contribution in [3.8, 4) is 0 Å². The zero-order chi connectivity index (χ0) is 14.5. The van der Waals surface area contributed by atoms with E-state index in [1.165, 1.54) is 32.1 Å². The largest absolute Gasteiger partial charge is 0.368 e. The van der Waals surface area contributed by atoms with Gasteiger partial charge in [0.2, 0.25) is 17.8 Å². The van der Waals surface area contributed by atoms with E-state index >= 15 is 0 Å². The number of rotatable bonds is 5. The molecular formula is C14H26N6. The summed E-state index contributed by atoms with van der Waals surface area (Å²) >= 11 is 0. The first-order chi connectivity index (χ1) is 9.54. The van der Waals surface area contributed by atoms with Crippen LogP contribution in [0.4, 0.5) is 17.8 Å². The minimum Gasteiger partial charge on any atom is -0.368 e. The summed E-state index contributed by atoms with van der Waals surface area (Å²) in [4.78, 5) is 14.4. The van der Waals surface area contributed by atoms with Crippen LogP contribution in [0, 0.1) is 11.8 Å². The molecule has 2 rings (SSSR count). The average Bonchev–Trinajstić information content (AvgIpc) is 2.40. The van der Waals surface area contributed by atoms with E-state index < -0.39 is 0 Å². The highest BCUT2D eigenvalue weighted by Crippen LogP contribution is 2.30. The Morgan fingerprint density at radius 2 is 1.85 bits per heavy atom. The highest BCUT2D eigenvalue weighted by atomic mass is 15.3. The molecule has 20 heavy (non-hydrogen) atoms. The van der Waals surface area contributed by atoms with Gasteiger partial charge in [0.15, 0.2) is 0 Å². The first-order valence-corrected chi connectivity index (χ1v) is 7.47. The Labute approximate surface area is 121 Å². The van der Waals surface area contributed by atoms with Crippen LogP contribution in [0.5, 0.6) is 0 Å². The quantitative estimate of drug-likeness (QED) is 0.859. The summed E-state index contributed by atoms with van der Waals surface area (Å²) < 4.78 is 0. The Kier molecular flexibility index (Phi) is 4.98. The fourth-order valence-electron chi connectivity index (χ4n) is 2.67. The molecule has 0 radical (unpaired) electrons. The van der Waals surface area contributed by atoms with Crippen molar-refractivity contribution in [2.75, 3.05) is 36.6 Å². The summed E-state index contributed by atoms with van der Waals surface area (Å²) in [5.41, 5.74) is 5.70. The Bertz CT molecular complexity index is 426. The molecule has 6 nitrogen and oxygen atoms in total. The molecular weight excluding hydrogens is 252 g/mol. The molecule has 3 N–H and O–H groups in total. The number of hydrogen-bond acceptors (Lipinski definition) is 6. The summed E-state index contributed by atoms with van der Waals surface area (Å²) in [6.45, 7) is 3.25. The third-order valence-corrected chi connectivity index (χ3v) is 4.01. The van der Waals surface area contributed by atoms with E-state index in [1.807, 2.05) is 19.0 Å². The lowest BCUT2D eigenvalue weighted by Gasteiger charge is -2.26. The zero-order valence-corrected chi connectivity index (χ0v) is 12.8. The fourth-order valence-corrected chi connectivity index (χ4v) is 2.67. The SMILES string of the molecule is CC1CCC(CCNc2nc(N)nc(N(C)C)n2)CC1. The zero-order valence-electron chi connectivity index (χ0n) is 12.8. The van der Waals surface area contributed by atoms with Gasteiger partial charge < -0.3 is 16.0 Å². The van der Waals surface area contributed by atoms with Gasteiger partial charge in [-0.25, -0.2) is 0 Å². The van der Waals surface area contributed by atoms with Gasteiger partial charge in [-0.05, 0) is 18.3 Å². The van der Waals surface area contributed by atoms with Gasteiger partial charge in [-0.1, -0.05) is 32.6 Å². The van der Waals surface area contributed by atoms with E-state index in [1.54, 1.807) is 0 Å². The van der Waals surface area contributed by atoms with Crippen molar-refractivity contribution >= 4 is 17.8 Å². The van der Waals surface area contributed by atoms with Crippen molar-refractivity contribution in [2.24, 2.45) is 11.8 Å². The minimum absolute atomic E-state index is 0.262. The fraction of sp³-hybridized carbons (Fsp3) is 0.786. The summed E-state index contributed by atoms with van der Waals surface area (Å²) in [5, 5.41) is 3.27. The molecule has 0 aliphatic heterocycles. The van der Waals surface area contributed by atoms with Gasteiger partial charge in [-0.15, -0.1) is 0 Å². The molecule has 1 heterocycles. The van der Waals surface area contributed by atoms with Crippen molar-refractivity contribution in [3.63, 3.8) is 0 Å². The number of hydrogen-bond donors (Lipinski definition) is 2. The monoisotopic (exact) mass is 278 g/mol. The molecule has 1 fully saturated rings. The molecule has 112 valence electrons. The van der Waals surface area contributed by atoms with Crippen molar-refractivity contribution in [3.05, 3.63) is 0 Å². The van der Waals surface area contributed by atoms with Gasteiger partial charge in [0, 0.05) is 20.6 Å². The molecule has 0 saturated heterocycles. The summed E-state index contributed by atoms with van der Waals surface area (Å²) in [7, 11) is 3.78. The predicted molar refractivity (Wildman–Crippen MR) is 82.8 cm³/mol. The van der Waals surface area contributed by atoms with Crippen LogP contribution < -0.4 is 16.0 Å². The predicted octanol–water partition coefficient (Wildman–Crippen LogP) is 2.15. The Morgan fingerprint density at radius 3 is 2.50 bits per heavy atom. The normalized spacial score (nSPS) is 22.6. The van der Waals surface area contributed by atoms with Crippen LogP contribution in [0.3, 0.4) is 0 Å². The van der Waals surface area contributed by atoms with Crippen LogP contribution >= 0.6 is 0 Å². The standard InChI is InChI=1S/C14H26N6/c1-10-4-6-11(7-5-10)8-9-16-13-17-12(15)18-14(19-13)20(2)3/h10-11H,4-9H2,1-3H3,(H3,15,16,17,18,19). The average molecular weight is 278 g/mol. The summed E-state index contributed by atoms with van der Waals surface area (Å²) in [5.74, 6) is 3.17. The van der Waals surface area contributed by atoms with E-state index in [-0.39, 0.29) is 5.95 Å². The second-order valence-corrected chi connectivity index (χ2v) is 6.05. The van der Waals surface area contributed by atoms with Crippen LogP contribution in [0.25, 0.3) is 0 Å². The van der Waals surface area contributed by atoms with E-state index in [4.69, 9.17) is 5.73 Å².